The number of rotatable bonds is 8. The normalized spacial score (nSPS) is 10.8. The second-order valence-electron chi connectivity index (χ2n) is 5.71. The molecule has 0 saturated heterocycles. The highest BCUT2D eigenvalue weighted by atomic mass is 19.1. The number of nitrogens with zero attached hydrogens (tertiary/aromatic N) is 3. The number of hydrogen-bond acceptors (Lipinski definition) is 5. The molecule has 2 aromatic rings. The first kappa shape index (κ1) is 20.0. The Morgan fingerprint density at radius 2 is 2.04 bits per heavy atom. The van der Waals surface area contributed by atoms with E-state index in [9.17, 15) is 19.3 Å². The highest BCUT2D eigenvalue weighted by Crippen LogP contribution is 2.21. The van der Waals surface area contributed by atoms with Crippen molar-refractivity contribution in [3.8, 4) is 0 Å². The fourth-order valence-electron chi connectivity index (χ4n) is 2.49. The van der Waals surface area contributed by atoms with Crippen LogP contribution >= 0.6 is 0 Å². The number of hydrogen-bond donors (Lipinski definition) is 1. The van der Waals surface area contributed by atoms with Crippen molar-refractivity contribution >= 4 is 23.5 Å². The van der Waals surface area contributed by atoms with Gasteiger partial charge in [0, 0.05) is 31.9 Å². The van der Waals surface area contributed by atoms with E-state index < -0.39 is 22.3 Å². The number of pyridine rings is 1. The Morgan fingerprint density at radius 1 is 1.30 bits per heavy atom. The Hall–Kier alpha value is -3.29. The van der Waals surface area contributed by atoms with Gasteiger partial charge in [0.2, 0.25) is 5.91 Å². The minimum Gasteiger partial charge on any atom is -0.357 e. The van der Waals surface area contributed by atoms with Crippen molar-refractivity contribution < 1.29 is 14.1 Å². The lowest BCUT2D eigenvalue weighted by Gasteiger charge is -2.19. The molecule has 0 aliphatic rings. The third-order valence-corrected chi connectivity index (χ3v) is 3.97. The van der Waals surface area contributed by atoms with E-state index in [1.54, 1.807) is 6.20 Å². The van der Waals surface area contributed by atoms with E-state index in [4.69, 9.17) is 0 Å². The van der Waals surface area contributed by atoms with Gasteiger partial charge < -0.3 is 10.2 Å². The van der Waals surface area contributed by atoms with E-state index in [1.807, 2.05) is 12.1 Å². The van der Waals surface area contributed by atoms with E-state index in [0.717, 1.165) is 36.6 Å². The maximum absolute atomic E-state index is 13.1. The molecule has 0 aliphatic heterocycles. The number of amides is 1. The molecule has 8 heteroatoms. The van der Waals surface area contributed by atoms with E-state index in [2.05, 4.69) is 29.0 Å². The van der Waals surface area contributed by atoms with Gasteiger partial charge in [0.05, 0.1) is 16.6 Å². The summed E-state index contributed by atoms with van der Waals surface area (Å²) in [6.07, 6.45) is 4.16. The number of nitro groups is 1. The lowest BCUT2D eigenvalue weighted by Crippen LogP contribution is -2.23. The van der Waals surface area contributed by atoms with Crippen LogP contribution in [0.15, 0.2) is 42.6 Å². The van der Waals surface area contributed by atoms with Crippen LogP contribution in [0.2, 0.25) is 0 Å². The molecule has 0 atom stereocenters. The molecule has 1 aromatic carbocycles. The van der Waals surface area contributed by atoms with Crippen LogP contribution in [0, 0.1) is 15.9 Å². The number of aromatic nitrogens is 1. The maximum Gasteiger partial charge on any atom is 0.279 e. The van der Waals surface area contributed by atoms with Gasteiger partial charge in [-0.3, -0.25) is 14.9 Å². The highest BCUT2D eigenvalue weighted by molar-refractivity contribution is 5.92. The number of carbonyl (C=O) groups excluding carboxylic acids is 1. The molecular weight excluding hydrogens is 351 g/mol. The smallest absolute Gasteiger partial charge is 0.279 e. The summed E-state index contributed by atoms with van der Waals surface area (Å²) < 4.78 is 13.1. The van der Waals surface area contributed by atoms with Crippen LogP contribution in [0.3, 0.4) is 0 Å². The molecule has 27 heavy (non-hydrogen) atoms. The van der Waals surface area contributed by atoms with Gasteiger partial charge in [0.25, 0.3) is 5.69 Å². The highest BCUT2D eigenvalue weighted by Gasteiger charge is 2.12. The fraction of sp³-hybridized carbons (Fsp3) is 0.263. The molecule has 0 unspecified atom stereocenters. The first-order valence-corrected chi connectivity index (χ1v) is 8.54. The summed E-state index contributed by atoms with van der Waals surface area (Å²) in [4.78, 5) is 28.7. The van der Waals surface area contributed by atoms with Gasteiger partial charge >= 0.3 is 0 Å². The maximum atomic E-state index is 13.1. The van der Waals surface area contributed by atoms with Gasteiger partial charge in [-0.05, 0) is 43.7 Å². The summed E-state index contributed by atoms with van der Waals surface area (Å²) >= 11 is 0. The van der Waals surface area contributed by atoms with Crippen molar-refractivity contribution in [1.29, 1.82) is 0 Å². The lowest BCUT2D eigenvalue weighted by atomic mass is 10.1. The van der Waals surface area contributed by atoms with Gasteiger partial charge in [-0.2, -0.15) is 0 Å². The molecule has 1 aromatic heterocycles. The van der Waals surface area contributed by atoms with E-state index in [1.165, 1.54) is 18.2 Å². The van der Waals surface area contributed by atoms with Gasteiger partial charge in [-0.15, -0.1) is 0 Å². The number of benzene rings is 1. The second-order valence-corrected chi connectivity index (χ2v) is 5.71. The van der Waals surface area contributed by atoms with Crippen molar-refractivity contribution in [1.82, 2.24) is 10.3 Å². The minimum atomic E-state index is -0.705. The largest absolute Gasteiger partial charge is 0.357 e. The van der Waals surface area contributed by atoms with Gasteiger partial charge in [0.15, 0.2) is 0 Å². The predicted molar refractivity (Wildman–Crippen MR) is 102 cm³/mol. The second kappa shape index (κ2) is 9.42. The SMILES string of the molecule is CCN(CC)c1ccc(CNC(=O)C=Cc2ccc(F)cc2[N+](=O)[O-])cn1. The Kier molecular flexibility index (Phi) is 6.99. The molecule has 1 N–H and O–H groups in total. The van der Waals surface area contributed by atoms with Crippen LogP contribution in [-0.4, -0.2) is 28.9 Å². The molecule has 142 valence electrons. The summed E-state index contributed by atoms with van der Waals surface area (Å²) in [7, 11) is 0. The van der Waals surface area contributed by atoms with Crippen LogP contribution in [0.25, 0.3) is 6.08 Å². The van der Waals surface area contributed by atoms with Crippen molar-refractivity contribution in [2.24, 2.45) is 0 Å². The summed E-state index contributed by atoms with van der Waals surface area (Å²) in [5.74, 6) is -0.246. The molecule has 0 saturated carbocycles. The summed E-state index contributed by atoms with van der Waals surface area (Å²) in [6.45, 7) is 6.11. The number of nitro benzene ring substituents is 1. The number of anilines is 1. The molecule has 0 bridgehead atoms. The third kappa shape index (κ3) is 5.60. The zero-order chi connectivity index (χ0) is 19.8. The third-order valence-electron chi connectivity index (χ3n) is 3.97. The molecule has 2 rings (SSSR count). The monoisotopic (exact) mass is 372 g/mol. The lowest BCUT2D eigenvalue weighted by molar-refractivity contribution is -0.385. The summed E-state index contributed by atoms with van der Waals surface area (Å²) in [5, 5.41) is 13.6. The average molecular weight is 372 g/mol. The standard InChI is InChI=1S/C19H21FN4O3/c1-3-23(4-2)18-9-5-14(12-21-18)13-22-19(25)10-7-15-6-8-16(20)11-17(15)24(26)27/h5-12H,3-4,13H2,1-2H3,(H,22,25). The molecule has 1 amide bonds. The fourth-order valence-corrected chi connectivity index (χ4v) is 2.49. The first-order chi connectivity index (χ1) is 12.9. The number of nitrogens with one attached hydrogen (secondary N) is 1. The first-order valence-electron chi connectivity index (χ1n) is 8.54. The molecule has 0 spiro atoms. The Bertz CT molecular complexity index is 833. The van der Waals surface area contributed by atoms with Crippen LogP contribution in [0.5, 0.6) is 0 Å². The average Bonchev–Trinajstić information content (AvgIpc) is 2.67. The Morgan fingerprint density at radius 3 is 2.63 bits per heavy atom. The molecule has 0 radical (unpaired) electrons. The molecule has 1 heterocycles. The molecule has 0 aliphatic carbocycles. The zero-order valence-corrected chi connectivity index (χ0v) is 15.2. The van der Waals surface area contributed by atoms with Gasteiger partial charge in [-0.1, -0.05) is 6.07 Å². The Balaban J connectivity index is 1.97. The molecule has 7 nitrogen and oxygen atoms in total. The molecular formula is C19H21FN4O3. The zero-order valence-electron chi connectivity index (χ0n) is 15.2. The minimum absolute atomic E-state index is 0.154. The van der Waals surface area contributed by atoms with Gasteiger partial charge in [0.1, 0.15) is 11.6 Å². The quantitative estimate of drug-likeness (QED) is 0.436. The van der Waals surface area contributed by atoms with Crippen LogP contribution < -0.4 is 10.2 Å². The van der Waals surface area contributed by atoms with Crippen LogP contribution in [0.4, 0.5) is 15.9 Å². The van der Waals surface area contributed by atoms with Crippen molar-refractivity contribution in [3.05, 3.63) is 69.7 Å². The van der Waals surface area contributed by atoms with E-state index >= 15 is 0 Å². The van der Waals surface area contributed by atoms with Crippen LogP contribution in [0.1, 0.15) is 25.0 Å². The van der Waals surface area contributed by atoms with Crippen molar-refractivity contribution in [2.45, 2.75) is 20.4 Å². The predicted octanol–water partition coefficient (Wildman–Crippen LogP) is 3.30. The van der Waals surface area contributed by atoms with Crippen molar-refractivity contribution in [3.63, 3.8) is 0 Å². The van der Waals surface area contributed by atoms with Gasteiger partial charge in [-0.25, -0.2) is 9.37 Å². The summed E-state index contributed by atoms with van der Waals surface area (Å²) in [6, 6.07) is 6.96. The Labute approximate surface area is 156 Å². The van der Waals surface area contributed by atoms with Crippen LogP contribution in [-0.2, 0) is 11.3 Å². The van der Waals surface area contributed by atoms with Crippen molar-refractivity contribution in [2.75, 3.05) is 18.0 Å². The van der Waals surface area contributed by atoms with E-state index in [-0.39, 0.29) is 12.1 Å². The summed E-state index contributed by atoms with van der Waals surface area (Å²) in [5.41, 5.74) is 0.595. The van der Waals surface area contributed by atoms with E-state index in [0.29, 0.717) is 0 Å². The topological polar surface area (TPSA) is 88.4 Å². The number of halogens is 1. The molecule has 0 fully saturated rings. The number of carbonyl (C=O) groups is 1.